The molecule has 0 bridgehead atoms. The summed E-state index contributed by atoms with van der Waals surface area (Å²) >= 11 is 0. The molecule has 6 nitrogen and oxygen atoms in total. The van der Waals surface area contributed by atoms with E-state index in [1.165, 1.54) is 0 Å². The maximum Gasteiger partial charge on any atom is 0.270 e. The third kappa shape index (κ3) is 5.27. The fourth-order valence-corrected chi connectivity index (χ4v) is 3.64. The summed E-state index contributed by atoms with van der Waals surface area (Å²) in [6.07, 6.45) is 0.0133. The molecule has 1 fully saturated rings. The molecule has 0 spiro atoms. The molecule has 1 saturated heterocycles. The molecule has 0 saturated carbocycles. The number of ether oxygens (including phenoxy) is 1. The van der Waals surface area contributed by atoms with Gasteiger partial charge < -0.3 is 10.1 Å². The number of nitrogens with one attached hydrogen (secondary N) is 1. The average Bonchev–Trinajstić information content (AvgIpc) is 2.53. The van der Waals surface area contributed by atoms with Crippen molar-refractivity contribution in [3.05, 3.63) is 23.9 Å². The number of hydrogen-bond donors (Lipinski definition) is 1. The lowest BCUT2D eigenvalue weighted by atomic mass is 10.0. The van der Waals surface area contributed by atoms with Crippen molar-refractivity contribution < 1.29 is 13.7 Å². The highest BCUT2D eigenvalue weighted by Crippen LogP contribution is 2.16. The first-order valence-corrected chi connectivity index (χ1v) is 9.79. The molecule has 1 aliphatic rings. The fourth-order valence-electron chi connectivity index (χ4n) is 2.59. The van der Waals surface area contributed by atoms with Gasteiger partial charge in [-0.2, -0.15) is 0 Å². The fraction of sp³-hybridized carbons (Fsp3) is 0.647. The molecule has 0 atom stereocenters. The molecular weight excluding hydrogens is 326 g/mol. The summed E-state index contributed by atoms with van der Waals surface area (Å²) in [7, 11) is -0.699. The largest absolute Gasteiger partial charge is 0.475 e. The third-order valence-corrected chi connectivity index (χ3v) is 5.30. The van der Waals surface area contributed by atoms with Crippen molar-refractivity contribution in [2.75, 3.05) is 31.1 Å². The van der Waals surface area contributed by atoms with Crippen molar-refractivity contribution >= 4 is 16.7 Å². The second-order valence-corrected chi connectivity index (χ2v) is 8.55. The number of carbonyl (C=O) groups is 1. The highest BCUT2D eigenvalue weighted by molar-refractivity contribution is 7.85. The van der Waals surface area contributed by atoms with E-state index in [1.54, 1.807) is 18.2 Å². The van der Waals surface area contributed by atoms with Gasteiger partial charge in [0.1, 0.15) is 5.69 Å². The number of aromatic nitrogens is 1. The van der Waals surface area contributed by atoms with E-state index in [-0.39, 0.29) is 17.6 Å². The van der Waals surface area contributed by atoms with Crippen molar-refractivity contribution in [2.45, 2.75) is 39.3 Å². The Hall–Kier alpha value is -1.47. The Morgan fingerprint density at radius 3 is 2.67 bits per heavy atom. The quantitative estimate of drug-likeness (QED) is 0.838. The standard InChI is InChI=1S/C17H27N3O3S/c1-13(2)23-15-7-5-6-14(19-15)16(21)18-12-17(3,4)20-8-10-24(22)11-9-20/h5-7,13H,8-12H2,1-4H3,(H,18,21). The van der Waals surface area contributed by atoms with Gasteiger partial charge in [-0.3, -0.25) is 13.9 Å². The normalized spacial score (nSPS) is 17.0. The van der Waals surface area contributed by atoms with Gasteiger partial charge in [0.2, 0.25) is 5.88 Å². The van der Waals surface area contributed by atoms with Gasteiger partial charge in [-0.1, -0.05) is 6.07 Å². The monoisotopic (exact) mass is 353 g/mol. The number of hydrogen-bond acceptors (Lipinski definition) is 5. The van der Waals surface area contributed by atoms with Gasteiger partial charge in [-0.25, -0.2) is 4.98 Å². The topological polar surface area (TPSA) is 71.5 Å². The Kier molecular flexibility index (Phi) is 6.34. The van der Waals surface area contributed by atoms with Crippen LogP contribution >= 0.6 is 0 Å². The molecular formula is C17H27N3O3S. The van der Waals surface area contributed by atoms with Crippen LogP contribution in [-0.4, -0.2) is 62.8 Å². The van der Waals surface area contributed by atoms with Crippen molar-refractivity contribution in [3.63, 3.8) is 0 Å². The van der Waals surface area contributed by atoms with E-state index < -0.39 is 10.8 Å². The summed E-state index contributed by atoms with van der Waals surface area (Å²) in [5.41, 5.74) is 0.162. The van der Waals surface area contributed by atoms with Gasteiger partial charge in [-0.05, 0) is 33.8 Å². The predicted octanol–water partition coefficient (Wildman–Crippen LogP) is 1.44. The van der Waals surface area contributed by atoms with E-state index >= 15 is 0 Å². The zero-order chi connectivity index (χ0) is 17.7. The average molecular weight is 353 g/mol. The minimum absolute atomic E-state index is 0.0133. The van der Waals surface area contributed by atoms with Gasteiger partial charge in [0.25, 0.3) is 5.91 Å². The van der Waals surface area contributed by atoms with E-state index in [0.717, 1.165) is 13.1 Å². The van der Waals surface area contributed by atoms with E-state index in [9.17, 15) is 9.00 Å². The van der Waals surface area contributed by atoms with Crippen LogP contribution in [0.4, 0.5) is 0 Å². The Balaban J connectivity index is 1.93. The Labute approximate surface area is 146 Å². The van der Waals surface area contributed by atoms with Crippen LogP contribution in [0.2, 0.25) is 0 Å². The first-order chi connectivity index (χ1) is 11.3. The SMILES string of the molecule is CC(C)Oc1cccc(C(=O)NCC(C)(C)N2CCS(=O)CC2)n1. The van der Waals surface area contributed by atoms with Crippen LogP contribution in [-0.2, 0) is 10.8 Å². The molecule has 1 aliphatic heterocycles. The molecule has 0 unspecified atom stereocenters. The molecule has 1 aromatic heterocycles. The van der Waals surface area contributed by atoms with Crippen LogP contribution in [0.25, 0.3) is 0 Å². The Bertz CT molecular complexity index is 594. The van der Waals surface area contributed by atoms with Gasteiger partial charge in [-0.15, -0.1) is 0 Å². The smallest absolute Gasteiger partial charge is 0.270 e. The second kappa shape index (κ2) is 8.07. The molecule has 0 aromatic carbocycles. The van der Waals surface area contributed by atoms with Crippen molar-refractivity contribution in [2.24, 2.45) is 0 Å². The Morgan fingerprint density at radius 2 is 2.04 bits per heavy atom. The number of amides is 1. The predicted molar refractivity (Wildman–Crippen MR) is 95.9 cm³/mol. The first-order valence-electron chi connectivity index (χ1n) is 8.30. The molecule has 1 amide bonds. The van der Waals surface area contributed by atoms with Gasteiger partial charge in [0, 0.05) is 53.5 Å². The molecule has 0 aliphatic carbocycles. The molecule has 134 valence electrons. The lowest BCUT2D eigenvalue weighted by Gasteiger charge is -2.40. The minimum atomic E-state index is -0.699. The van der Waals surface area contributed by atoms with Crippen LogP contribution in [0.3, 0.4) is 0 Å². The molecule has 0 radical (unpaired) electrons. The molecule has 24 heavy (non-hydrogen) atoms. The van der Waals surface area contributed by atoms with Crippen molar-refractivity contribution in [1.29, 1.82) is 0 Å². The zero-order valence-electron chi connectivity index (χ0n) is 14.9. The summed E-state index contributed by atoms with van der Waals surface area (Å²) in [5, 5.41) is 2.95. The maximum absolute atomic E-state index is 12.4. The van der Waals surface area contributed by atoms with Crippen LogP contribution in [0, 0.1) is 0 Å². The molecule has 7 heteroatoms. The first kappa shape index (κ1) is 18.9. The number of carbonyl (C=O) groups excluding carboxylic acids is 1. The number of pyridine rings is 1. The summed E-state index contributed by atoms with van der Waals surface area (Å²) in [5.74, 6) is 1.65. The van der Waals surface area contributed by atoms with Crippen LogP contribution in [0.1, 0.15) is 38.2 Å². The lowest BCUT2D eigenvalue weighted by Crippen LogP contribution is -2.55. The molecule has 1 aromatic rings. The number of nitrogens with zero attached hydrogens (tertiary/aromatic N) is 2. The molecule has 2 rings (SSSR count). The molecule has 1 N–H and O–H groups in total. The summed E-state index contributed by atoms with van der Waals surface area (Å²) < 4.78 is 17.0. The van der Waals surface area contributed by atoms with Crippen molar-refractivity contribution in [1.82, 2.24) is 15.2 Å². The highest BCUT2D eigenvalue weighted by Gasteiger charge is 2.30. The number of rotatable bonds is 6. The Morgan fingerprint density at radius 1 is 1.38 bits per heavy atom. The summed E-state index contributed by atoms with van der Waals surface area (Å²) in [4.78, 5) is 18.9. The highest BCUT2D eigenvalue weighted by atomic mass is 32.2. The minimum Gasteiger partial charge on any atom is -0.475 e. The van der Waals surface area contributed by atoms with Crippen LogP contribution < -0.4 is 10.1 Å². The van der Waals surface area contributed by atoms with Crippen molar-refractivity contribution in [3.8, 4) is 5.88 Å². The zero-order valence-corrected chi connectivity index (χ0v) is 15.7. The van der Waals surface area contributed by atoms with E-state index in [4.69, 9.17) is 4.74 Å². The second-order valence-electron chi connectivity index (χ2n) is 6.86. The lowest BCUT2D eigenvalue weighted by molar-refractivity contribution is 0.0877. The van der Waals surface area contributed by atoms with Gasteiger partial charge in [0.15, 0.2) is 0 Å². The third-order valence-electron chi connectivity index (χ3n) is 4.03. The summed E-state index contributed by atoms with van der Waals surface area (Å²) in [6.45, 7) is 10.1. The van der Waals surface area contributed by atoms with Gasteiger partial charge in [0.05, 0.1) is 6.10 Å². The molecule has 2 heterocycles. The maximum atomic E-state index is 12.4. The van der Waals surface area contributed by atoms with E-state index in [2.05, 4.69) is 29.0 Å². The van der Waals surface area contributed by atoms with E-state index in [1.807, 2.05) is 13.8 Å². The van der Waals surface area contributed by atoms with E-state index in [0.29, 0.717) is 29.6 Å². The van der Waals surface area contributed by atoms with Crippen LogP contribution in [0.15, 0.2) is 18.2 Å². The van der Waals surface area contributed by atoms with Crippen LogP contribution in [0.5, 0.6) is 5.88 Å². The summed E-state index contributed by atoms with van der Waals surface area (Å²) in [6, 6.07) is 5.19. The van der Waals surface area contributed by atoms with Gasteiger partial charge >= 0.3 is 0 Å².